The van der Waals surface area contributed by atoms with Gasteiger partial charge in [-0.05, 0) is 37.0 Å². The molecule has 0 amide bonds. The lowest BCUT2D eigenvalue weighted by Crippen LogP contribution is -2.37. The Bertz CT molecular complexity index is 295. The molecule has 0 bridgehead atoms. The summed E-state index contributed by atoms with van der Waals surface area (Å²) in [5, 5.41) is 8.81. The Hall–Kier alpha value is -0.265. The predicted octanol–water partition coefficient (Wildman–Crippen LogP) is 3.69. The van der Waals surface area contributed by atoms with Gasteiger partial charge in [-0.15, -0.1) is 0 Å². The topological polar surface area (TPSA) is 23.9 Å². The summed E-state index contributed by atoms with van der Waals surface area (Å²) >= 11 is 0. The summed E-state index contributed by atoms with van der Waals surface area (Å²) in [5.74, 6) is 2.96. The van der Waals surface area contributed by atoms with Crippen LogP contribution in [0.4, 0.5) is 0 Å². The van der Waals surface area contributed by atoms with E-state index in [4.69, 9.17) is 5.41 Å². The van der Waals surface area contributed by atoms with Gasteiger partial charge in [-0.3, -0.25) is 0 Å². The van der Waals surface area contributed by atoms with Crippen molar-refractivity contribution in [3.05, 3.63) is 0 Å². The molecule has 17 heavy (non-hydrogen) atoms. The minimum Gasteiger partial charge on any atom is -0.309 e. The Balaban J connectivity index is 2.19. The molecule has 2 fully saturated rings. The van der Waals surface area contributed by atoms with Crippen LogP contribution in [0, 0.1) is 29.1 Å². The molecule has 0 heterocycles. The van der Waals surface area contributed by atoms with E-state index in [1.54, 1.807) is 0 Å². The van der Waals surface area contributed by atoms with E-state index in [1.165, 1.54) is 32.1 Å². The quantitative estimate of drug-likeness (QED) is 0.668. The third-order valence-electron chi connectivity index (χ3n) is 5.18. The molecular formula is C15H28BN. The normalized spacial score (nSPS) is 43.3. The average Bonchev–Trinajstić information content (AvgIpc) is 2.34. The average molecular weight is 233 g/mol. The van der Waals surface area contributed by atoms with Crippen molar-refractivity contribution in [1.29, 1.82) is 5.41 Å². The first-order valence-corrected chi connectivity index (χ1v) is 7.48. The standard InChI is InChI=1S/C15H28BN/c1-10(2)14-12-5-4-8-15(3,16)9-11(12)6-7-13(14)17/h10-12,14,17H,4-9,16H2,1-3H3. The molecule has 0 radical (unpaired) electrons. The Labute approximate surface area is 108 Å². The van der Waals surface area contributed by atoms with Crippen LogP contribution in [0.25, 0.3) is 0 Å². The lowest BCUT2D eigenvalue weighted by Gasteiger charge is -2.41. The Morgan fingerprint density at radius 3 is 2.71 bits per heavy atom. The Kier molecular flexibility index (Phi) is 3.70. The maximum atomic E-state index is 8.27. The summed E-state index contributed by atoms with van der Waals surface area (Å²) in [4.78, 5) is 0. The second-order valence-corrected chi connectivity index (χ2v) is 7.52. The fourth-order valence-electron chi connectivity index (χ4n) is 4.47. The van der Waals surface area contributed by atoms with Crippen molar-refractivity contribution in [2.45, 2.75) is 64.6 Å². The van der Waals surface area contributed by atoms with Gasteiger partial charge in [-0.1, -0.05) is 45.3 Å². The van der Waals surface area contributed by atoms with Crippen molar-refractivity contribution in [3.8, 4) is 0 Å². The molecule has 0 aromatic rings. The van der Waals surface area contributed by atoms with Crippen molar-refractivity contribution in [2.24, 2.45) is 23.7 Å². The van der Waals surface area contributed by atoms with E-state index in [9.17, 15) is 0 Å². The molecule has 0 saturated heterocycles. The zero-order valence-electron chi connectivity index (χ0n) is 12.1. The highest BCUT2D eigenvalue weighted by Gasteiger charge is 2.41. The third kappa shape index (κ3) is 2.77. The maximum absolute atomic E-state index is 8.27. The molecule has 0 aromatic heterocycles. The van der Waals surface area contributed by atoms with Gasteiger partial charge in [0, 0.05) is 11.6 Å². The van der Waals surface area contributed by atoms with Gasteiger partial charge in [0.1, 0.15) is 7.85 Å². The predicted molar refractivity (Wildman–Crippen MR) is 77.6 cm³/mol. The summed E-state index contributed by atoms with van der Waals surface area (Å²) in [6, 6.07) is 0. The second-order valence-electron chi connectivity index (χ2n) is 7.52. The van der Waals surface area contributed by atoms with Crippen molar-refractivity contribution >= 4 is 13.6 Å². The lowest BCUT2D eigenvalue weighted by atomic mass is 9.59. The Morgan fingerprint density at radius 2 is 2.06 bits per heavy atom. The van der Waals surface area contributed by atoms with Crippen LogP contribution < -0.4 is 0 Å². The molecule has 2 heteroatoms. The fraction of sp³-hybridized carbons (Fsp3) is 0.933. The first kappa shape index (κ1) is 13.2. The van der Waals surface area contributed by atoms with E-state index in [0.29, 0.717) is 17.2 Å². The van der Waals surface area contributed by atoms with E-state index < -0.39 is 0 Å². The van der Waals surface area contributed by atoms with Crippen molar-refractivity contribution < 1.29 is 0 Å². The number of fused-ring (bicyclic) bond motifs is 1. The molecule has 2 rings (SSSR count). The smallest absolute Gasteiger partial charge is 0.109 e. The molecule has 0 spiro atoms. The van der Waals surface area contributed by atoms with Crippen molar-refractivity contribution in [3.63, 3.8) is 0 Å². The highest BCUT2D eigenvalue weighted by Crippen LogP contribution is 2.50. The Morgan fingerprint density at radius 1 is 1.35 bits per heavy atom. The van der Waals surface area contributed by atoms with Gasteiger partial charge in [0.15, 0.2) is 0 Å². The van der Waals surface area contributed by atoms with Crippen LogP contribution in [-0.4, -0.2) is 13.6 Å². The van der Waals surface area contributed by atoms with E-state index >= 15 is 0 Å². The highest BCUT2D eigenvalue weighted by molar-refractivity contribution is 6.14. The summed E-state index contributed by atoms with van der Waals surface area (Å²) in [7, 11) is 2.44. The summed E-state index contributed by atoms with van der Waals surface area (Å²) < 4.78 is 0. The van der Waals surface area contributed by atoms with Crippen LogP contribution in [0.2, 0.25) is 5.31 Å². The van der Waals surface area contributed by atoms with Gasteiger partial charge in [0.2, 0.25) is 0 Å². The third-order valence-corrected chi connectivity index (χ3v) is 5.18. The molecule has 96 valence electrons. The lowest BCUT2D eigenvalue weighted by molar-refractivity contribution is 0.181. The first-order chi connectivity index (χ1) is 7.91. The molecule has 1 N–H and O–H groups in total. The van der Waals surface area contributed by atoms with Crippen LogP contribution in [0.5, 0.6) is 0 Å². The van der Waals surface area contributed by atoms with E-state index in [0.717, 1.165) is 24.0 Å². The summed E-state index contributed by atoms with van der Waals surface area (Å²) in [6.45, 7) is 7.08. The molecule has 4 unspecified atom stereocenters. The van der Waals surface area contributed by atoms with Crippen LogP contribution in [0.15, 0.2) is 0 Å². The number of nitrogens with one attached hydrogen (secondary N) is 1. The van der Waals surface area contributed by atoms with Crippen LogP contribution >= 0.6 is 0 Å². The fourth-order valence-corrected chi connectivity index (χ4v) is 4.47. The molecule has 1 nitrogen and oxygen atoms in total. The van der Waals surface area contributed by atoms with Crippen LogP contribution in [0.3, 0.4) is 0 Å². The van der Waals surface area contributed by atoms with Gasteiger partial charge >= 0.3 is 0 Å². The van der Waals surface area contributed by atoms with E-state index in [1.807, 2.05) is 0 Å². The zero-order valence-corrected chi connectivity index (χ0v) is 12.1. The van der Waals surface area contributed by atoms with Gasteiger partial charge in [-0.2, -0.15) is 0 Å². The van der Waals surface area contributed by atoms with Gasteiger partial charge < -0.3 is 5.41 Å². The number of hydrogen-bond acceptors (Lipinski definition) is 1. The molecule has 0 aromatic carbocycles. The molecule has 2 aliphatic carbocycles. The number of hydrogen-bond donors (Lipinski definition) is 1. The minimum absolute atomic E-state index is 0.542. The van der Waals surface area contributed by atoms with Gasteiger partial charge in [0.25, 0.3) is 0 Å². The zero-order chi connectivity index (χ0) is 12.6. The molecule has 2 aliphatic rings. The van der Waals surface area contributed by atoms with Crippen molar-refractivity contribution in [2.75, 3.05) is 0 Å². The first-order valence-electron chi connectivity index (χ1n) is 7.48. The van der Waals surface area contributed by atoms with Gasteiger partial charge in [0.05, 0.1) is 0 Å². The second kappa shape index (κ2) is 4.78. The largest absolute Gasteiger partial charge is 0.309 e. The SMILES string of the molecule is BC1(C)CCCC2C(CCC(=N)C2C(C)C)C1. The minimum atomic E-state index is 0.542. The van der Waals surface area contributed by atoms with Crippen LogP contribution in [0.1, 0.15) is 59.3 Å². The maximum Gasteiger partial charge on any atom is 0.109 e. The molecule has 4 atom stereocenters. The molecule has 2 saturated carbocycles. The highest BCUT2D eigenvalue weighted by atomic mass is 14.5. The molecular weight excluding hydrogens is 205 g/mol. The van der Waals surface area contributed by atoms with Gasteiger partial charge in [-0.25, -0.2) is 0 Å². The number of rotatable bonds is 1. The molecule has 0 aliphatic heterocycles. The summed E-state index contributed by atoms with van der Waals surface area (Å²) in [6.07, 6.45) is 7.90. The van der Waals surface area contributed by atoms with Crippen LogP contribution in [-0.2, 0) is 0 Å². The monoisotopic (exact) mass is 233 g/mol. The summed E-state index contributed by atoms with van der Waals surface area (Å²) in [5.41, 5.74) is 1.06. The van der Waals surface area contributed by atoms with E-state index in [2.05, 4.69) is 28.6 Å². The van der Waals surface area contributed by atoms with Crippen molar-refractivity contribution in [1.82, 2.24) is 0 Å². The van der Waals surface area contributed by atoms with E-state index in [-0.39, 0.29) is 0 Å².